The minimum atomic E-state index is -1.19. The molecule has 5 heteroatoms. The number of amides is 2. The van der Waals surface area contributed by atoms with Gasteiger partial charge >= 0.3 is 0 Å². The van der Waals surface area contributed by atoms with Gasteiger partial charge in [0.1, 0.15) is 11.2 Å². The average Bonchev–Trinajstić information content (AvgIpc) is 2.45. The van der Waals surface area contributed by atoms with Gasteiger partial charge in [-0.2, -0.15) is 0 Å². The van der Waals surface area contributed by atoms with Crippen molar-refractivity contribution in [1.29, 1.82) is 0 Å². The minimum Gasteiger partial charge on any atom is -0.355 e. The molecule has 0 aromatic heterocycles. The van der Waals surface area contributed by atoms with Gasteiger partial charge in [-0.25, -0.2) is 4.39 Å². The molecule has 0 saturated heterocycles. The normalized spacial score (nSPS) is 11.4. The van der Waals surface area contributed by atoms with Crippen LogP contribution in [0, 0.1) is 17.2 Å². The van der Waals surface area contributed by atoms with Crippen LogP contribution in [0.4, 0.5) is 4.39 Å². The largest absolute Gasteiger partial charge is 0.355 e. The van der Waals surface area contributed by atoms with E-state index in [4.69, 9.17) is 0 Å². The van der Waals surface area contributed by atoms with Crippen molar-refractivity contribution in [2.75, 3.05) is 6.54 Å². The highest BCUT2D eigenvalue weighted by molar-refractivity contribution is 6.04. The van der Waals surface area contributed by atoms with Crippen molar-refractivity contribution in [3.63, 3.8) is 0 Å². The standard InChI is InChI=1S/C17H25FN2O2/c1-12(2)9-10-19-15(21)17(3,4)16(22)20-11-13-7-5-6-8-14(13)18/h5-8,12H,9-11H2,1-4H3,(H,19,21)(H,20,22). The molecule has 0 bridgehead atoms. The Morgan fingerprint density at radius 3 is 2.32 bits per heavy atom. The van der Waals surface area contributed by atoms with Crippen molar-refractivity contribution in [2.45, 2.75) is 40.7 Å². The van der Waals surface area contributed by atoms with Crippen LogP contribution in [-0.4, -0.2) is 18.4 Å². The summed E-state index contributed by atoms with van der Waals surface area (Å²) in [6.07, 6.45) is 0.860. The first-order valence-corrected chi connectivity index (χ1v) is 7.55. The molecular formula is C17H25FN2O2. The molecular weight excluding hydrogens is 283 g/mol. The predicted molar refractivity (Wildman–Crippen MR) is 84.5 cm³/mol. The fourth-order valence-corrected chi connectivity index (χ4v) is 1.84. The van der Waals surface area contributed by atoms with Crippen LogP contribution in [0.5, 0.6) is 0 Å². The molecule has 0 aliphatic rings. The highest BCUT2D eigenvalue weighted by atomic mass is 19.1. The molecule has 1 aromatic carbocycles. The summed E-state index contributed by atoms with van der Waals surface area (Å²) in [5, 5.41) is 5.39. The smallest absolute Gasteiger partial charge is 0.235 e. The Labute approximate surface area is 131 Å². The quantitative estimate of drug-likeness (QED) is 0.761. The van der Waals surface area contributed by atoms with Crippen LogP contribution in [0.2, 0.25) is 0 Å². The van der Waals surface area contributed by atoms with Crippen LogP contribution in [0.15, 0.2) is 24.3 Å². The van der Waals surface area contributed by atoms with Crippen molar-refractivity contribution in [1.82, 2.24) is 10.6 Å². The fourth-order valence-electron chi connectivity index (χ4n) is 1.84. The molecule has 22 heavy (non-hydrogen) atoms. The zero-order valence-electron chi connectivity index (χ0n) is 13.7. The molecule has 0 spiro atoms. The lowest BCUT2D eigenvalue weighted by molar-refractivity contribution is -0.141. The van der Waals surface area contributed by atoms with Crippen LogP contribution in [0.25, 0.3) is 0 Å². The molecule has 0 unspecified atom stereocenters. The highest BCUT2D eigenvalue weighted by Crippen LogP contribution is 2.16. The maximum absolute atomic E-state index is 13.5. The monoisotopic (exact) mass is 308 g/mol. The molecule has 0 aliphatic heterocycles. The highest BCUT2D eigenvalue weighted by Gasteiger charge is 2.35. The van der Waals surface area contributed by atoms with Crippen LogP contribution < -0.4 is 10.6 Å². The summed E-state index contributed by atoms with van der Waals surface area (Å²) in [5.41, 5.74) is -0.797. The van der Waals surface area contributed by atoms with Crippen LogP contribution >= 0.6 is 0 Å². The molecule has 4 nitrogen and oxygen atoms in total. The molecule has 1 aromatic rings. The van der Waals surface area contributed by atoms with Crippen molar-refractivity contribution in [3.05, 3.63) is 35.6 Å². The zero-order valence-corrected chi connectivity index (χ0v) is 13.7. The van der Waals surface area contributed by atoms with Crippen molar-refractivity contribution in [2.24, 2.45) is 11.3 Å². The van der Waals surface area contributed by atoms with E-state index in [2.05, 4.69) is 24.5 Å². The number of hydrogen-bond donors (Lipinski definition) is 2. The molecule has 0 heterocycles. The van der Waals surface area contributed by atoms with Gasteiger partial charge < -0.3 is 10.6 Å². The number of hydrogen-bond acceptors (Lipinski definition) is 2. The molecule has 0 saturated carbocycles. The van der Waals surface area contributed by atoms with E-state index in [9.17, 15) is 14.0 Å². The lowest BCUT2D eigenvalue weighted by atomic mass is 9.90. The first-order valence-electron chi connectivity index (χ1n) is 7.55. The number of carbonyl (C=O) groups is 2. The van der Waals surface area contributed by atoms with Gasteiger partial charge in [0.05, 0.1) is 0 Å². The van der Waals surface area contributed by atoms with Crippen molar-refractivity contribution in [3.8, 4) is 0 Å². The summed E-state index contributed by atoms with van der Waals surface area (Å²) in [7, 11) is 0. The third-order valence-corrected chi connectivity index (χ3v) is 3.54. The molecule has 1 rings (SSSR count). The molecule has 2 N–H and O–H groups in total. The lowest BCUT2D eigenvalue weighted by Gasteiger charge is -2.23. The summed E-state index contributed by atoms with van der Waals surface area (Å²) in [6.45, 7) is 7.87. The molecule has 0 atom stereocenters. The minimum absolute atomic E-state index is 0.0637. The first-order chi connectivity index (χ1) is 10.2. The van der Waals surface area contributed by atoms with Gasteiger partial charge in [0.25, 0.3) is 0 Å². The summed E-state index contributed by atoms with van der Waals surface area (Å²) in [6, 6.07) is 6.23. The van der Waals surface area contributed by atoms with E-state index in [1.54, 1.807) is 32.0 Å². The maximum Gasteiger partial charge on any atom is 0.235 e. The van der Waals surface area contributed by atoms with Crippen molar-refractivity contribution < 1.29 is 14.0 Å². The second kappa shape index (κ2) is 7.92. The number of benzene rings is 1. The predicted octanol–water partition coefficient (Wildman–Crippen LogP) is 2.63. The summed E-state index contributed by atoms with van der Waals surface area (Å²) in [4.78, 5) is 24.3. The second-order valence-corrected chi connectivity index (χ2v) is 6.34. The first kappa shape index (κ1) is 18.1. The van der Waals surface area contributed by atoms with Crippen LogP contribution in [0.3, 0.4) is 0 Å². The molecule has 2 amide bonds. The van der Waals surface area contributed by atoms with E-state index >= 15 is 0 Å². The molecule has 0 radical (unpaired) electrons. The number of carbonyl (C=O) groups excluding carboxylic acids is 2. The van der Waals surface area contributed by atoms with Crippen molar-refractivity contribution >= 4 is 11.8 Å². The fraction of sp³-hybridized carbons (Fsp3) is 0.529. The third-order valence-electron chi connectivity index (χ3n) is 3.54. The topological polar surface area (TPSA) is 58.2 Å². The van der Waals surface area contributed by atoms with Gasteiger partial charge in [-0.3, -0.25) is 9.59 Å². The number of halogens is 1. The van der Waals surface area contributed by atoms with Gasteiger partial charge in [-0.05, 0) is 32.3 Å². The second-order valence-electron chi connectivity index (χ2n) is 6.34. The maximum atomic E-state index is 13.5. The Morgan fingerprint density at radius 2 is 1.73 bits per heavy atom. The molecule has 122 valence electrons. The summed E-state index contributed by atoms with van der Waals surface area (Å²) in [5.74, 6) is -0.628. The molecule has 0 fully saturated rings. The summed E-state index contributed by atoms with van der Waals surface area (Å²) < 4.78 is 13.5. The Hall–Kier alpha value is -1.91. The Morgan fingerprint density at radius 1 is 1.14 bits per heavy atom. The Balaban J connectivity index is 2.55. The Kier molecular flexibility index (Phi) is 6.53. The van der Waals surface area contributed by atoms with E-state index in [1.807, 2.05) is 0 Å². The van der Waals surface area contributed by atoms with Crippen LogP contribution in [0.1, 0.15) is 39.7 Å². The van der Waals surface area contributed by atoms with E-state index < -0.39 is 11.3 Å². The van der Waals surface area contributed by atoms with E-state index in [0.717, 1.165) is 6.42 Å². The van der Waals surface area contributed by atoms with E-state index in [1.165, 1.54) is 6.07 Å². The van der Waals surface area contributed by atoms with Gasteiger partial charge in [0.2, 0.25) is 11.8 Å². The summed E-state index contributed by atoms with van der Waals surface area (Å²) >= 11 is 0. The Bertz CT molecular complexity index is 527. The van der Waals surface area contributed by atoms with Gasteiger partial charge in [-0.1, -0.05) is 32.0 Å². The van der Waals surface area contributed by atoms with Gasteiger partial charge in [0.15, 0.2) is 0 Å². The zero-order chi connectivity index (χ0) is 16.8. The third kappa shape index (κ3) is 5.13. The molecule has 0 aliphatic carbocycles. The van der Waals surface area contributed by atoms with E-state index in [-0.39, 0.29) is 18.3 Å². The van der Waals surface area contributed by atoms with Crippen LogP contribution in [-0.2, 0) is 16.1 Å². The van der Waals surface area contributed by atoms with Gasteiger partial charge in [-0.15, -0.1) is 0 Å². The number of nitrogens with one attached hydrogen (secondary N) is 2. The lowest BCUT2D eigenvalue weighted by Crippen LogP contribution is -2.48. The average molecular weight is 308 g/mol. The van der Waals surface area contributed by atoms with Gasteiger partial charge in [0, 0.05) is 18.7 Å². The SMILES string of the molecule is CC(C)CCNC(=O)C(C)(C)C(=O)NCc1ccccc1F. The van der Waals surface area contributed by atoms with E-state index in [0.29, 0.717) is 18.0 Å². The number of rotatable bonds is 7.